The molecule has 0 amide bonds. The number of fused-ring (bicyclic) bond motifs is 2. The second kappa shape index (κ2) is 2.79. The molecule has 0 aliphatic rings. The molecule has 0 atom stereocenters. The number of nitrogens with zero attached hydrogens (tertiary/aromatic N) is 3. The van der Waals surface area contributed by atoms with E-state index in [1.807, 2.05) is 28.7 Å². The first-order valence-corrected chi connectivity index (χ1v) is 5.32. The Balaban J connectivity index is 2.53. The van der Waals surface area contributed by atoms with E-state index in [2.05, 4.69) is 9.97 Å². The van der Waals surface area contributed by atoms with Gasteiger partial charge in [0, 0.05) is 10.8 Å². The number of hydrogen-bond donors (Lipinski definition) is 0. The van der Waals surface area contributed by atoms with Gasteiger partial charge in [-0.2, -0.15) is 0 Å². The zero-order valence-corrected chi connectivity index (χ0v) is 8.79. The highest BCUT2D eigenvalue weighted by Gasteiger charge is 2.11. The summed E-state index contributed by atoms with van der Waals surface area (Å²) >= 11 is 0. The van der Waals surface area contributed by atoms with Gasteiger partial charge in [0.25, 0.3) is 0 Å². The molecule has 3 aromatic heterocycles. The fraction of sp³-hybridized carbons (Fsp3) is 0. The van der Waals surface area contributed by atoms with Crippen LogP contribution < -0.4 is 5.43 Å². The van der Waals surface area contributed by atoms with E-state index in [1.165, 1.54) is 0 Å². The van der Waals surface area contributed by atoms with Crippen LogP contribution in [0.25, 0.3) is 27.5 Å². The maximum Gasteiger partial charge on any atom is 0.212 e. The summed E-state index contributed by atoms with van der Waals surface area (Å²) in [6.45, 7) is 0. The second-order valence-electron chi connectivity index (χ2n) is 4.00. The molecule has 1 aromatic carbocycles. The average Bonchev–Trinajstić information content (AvgIpc) is 2.81. The van der Waals surface area contributed by atoms with Crippen molar-refractivity contribution < 1.29 is 0 Å². The molecule has 0 saturated heterocycles. The molecule has 0 bridgehead atoms. The summed E-state index contributed by atoms with van der Waals surface area (Å²) < 4.78 is 1.86. The Morgan fingerprint density at radius 2 is 1.76 bits per heavy atom. The first-order valence-electron chi connectivity index (χ1n) is 5.32. The van der Waals surface area contributed by atoms with Gasteiger partial charge in [-0.25, -0.2) is 4.98 Å². The van der Waals surface area contributed by atoms with Gasteiger partial charge in [0.15, 0.2) is 5.65 Å². The molecule has 0 spiro atoms. The molecule has 0 N–H and O–H groups in total. The third kappa shape index (κ3) is 0.945. The van der Waals surface area contributed by atoms with E-state index in [9.17, 15) is 4.79 Å². The molecule has 0 aliphatic carbocycles. The van der Waals surface area contributed by atoms with Gasteiger partial charge in [-0.1, -0.05) is 24.3 Å². The molecule has 4 aromatic rings. The predicted molar refractivity (Wildman–Crippen MR) is 65.5 cm³/mol. The minimum Gasteiger partial charge on any atom is -0.287 e. The van der Waals surface area contributed by atoms with E-state index in [0.29, 0.717) is 11.2 Å². The van der Waals surface area contributed by atoms with Crippen molar-refractivity contribution in [1.29, 1.82) is 0 Å². The number of aromatic nitrogens is 3. The van der Waals surface area contributed by atoms with Crippen molar-refractivity contribution >= 4 is 27.5 Å². The van der Waals surface area contributed by atoms with Crippen LogP contribution in [0.4, 0.5) is 0 Å². The van der Waals surface area contributed by atoms with Crippen LogP contribution in [0.2, 0.25) is 0 Å². The lowest BCUT2D eigenvalue weighted by molar-refractivity contribution is 1.20. The van der Waals surface area contributed by atoms with Gasteiger partial charge in [-0.15, -0.1) is 0 Å². The van der Waals surface area contributed by atoms with Gasteiger partial charge in [0.05, 0.1) is 24.1 Å². The van der Waals surface area contributed by atoms with Crippen molar-refractivity contribution in [2.45, 2.75) is 0 Å². The standard InChI is InChI=1S/C13H7N3O/c17-13-9-4-2-1-3-8(9)10-6-15-12-7-14-5-11(13)16(10)12/h1-7H. The molecular formula is C13H7N3O. The van der Waals surface area contributed by atoms with Crippen molar-refractivity contribution in [2.24, 2.45) is 0 Å². The minimum absolute atomic E-state index is 0.00389. The maximum atomic E-state index is 12.3. The molecule has 3 heterocycles. The third-order valence-electron chi connectivity index (χ3n) is 3.10. The molecule has 4 nitrogen and oxygen atoms in total. The van der Waals surface area contributed by atoms with E-state index in [1.54, 1.807) is 18.6 Å². The van der Waals surface area contributed by atoms with Crippen LogP contribution in [0, 0.1) is 0 Å². The number of imidazole rings is 1. The average molecular weight is 221 g/mol. The molecule has 0 radical (unpaired) electrons. The lowest BCUT2D eigenvalue weighted by Gasteiger charge is -2.03. The Kier molecular flexibility index (Phi) is 1.42. The van der Waals surface area contributed by atoms with Crippen molar-refractivity contribution in [2.75, 3.05) is 0 Å². The van der Waals surface area contributed by atoms with Gasteiger partial charge in [0.1, 0.15) is 5.52 Å². The van der Waals surface area contributed by atoms with Crippen molar-refractivity contribution in [3.63, 3.8) is 0 Å². The maximum absolute atomic E-state index is 12.3. The molecule has 0 unspecified atom stereocenters. The van der Waals surface area contributed by atoms with E-state index < -0.39 is 0 Å². The van der Waals surface area contributed by atoms with Crippen LogP contribution in [0.3, 0.4) is 0 Å². The van der Waals surface area contributed by atoms with Crippen molar-refractivity contribution in [3.8, 4) is 0 Å². The zero-order chi connectivity index (χ0) is 11.4. The zero-order valence-electron chi connectivity index (χ0n) is 8.79. The Labute approximate surface area is 95.5 Å². The summed E-state index contributed by atoms with van der Waals surface area (Å²) in [5.74, 6) is 0. The minimum atomic E-state index is 0.00389. The molecule has 0 aliphatic heterocycles. The molecule has 0 saturated carbocycles. The summed E-state index contributed by atoms with van der Waals surface area (Å²) in [6.07, 6.45) is 5.04. The highest BCUT2D eigenvalue weighted by atomic mass is 16.1. The Morgan fingerprint density at radius 3 is 2.65 bits per heavy atom. The molecule has 4 heteroatoms. The fourth-order valence-corrected chi connectivity index (χ4v) is 2.34. The lowest BCUT2D eigenvalue weighted by Crippen LogP contribution is -2.08. The Morgan fingerprint density at radius 1 is 0.941 bits per heavy atom. The SMILES string of the molecule is O=c1c2ccccc2c2cnc3cncc1n32. The summed E-state index contributed by atoms with van der Waals surface area (Å²) in [5, 5.41) is 1.65. The molecule has 80 valence electrons. The number of pyridine rings is 1. The number of benzene rings is 1. The monoisotopic (exact) mass is 221 g/mol. The van der Waals surface area contributed by atoms with Crippen LogP contribution >= 0.6 is 0 Å². The van der Waals surface area contributed by atoms with E-state index in [4.69, 9.17) is 0 Å². The van der Waals surface area contributed by atoms with E-state index in [-0.39, 0.29) is 5.43 Å². The van der Waals surface area contributed by atoms with Crippen LogP contribution in [-0.2, 0) is 0 Å². The Bertz CT molecular complexity index is 911. The topological polar surface area (TPSA) is 47.3 Å². The Hall–Kier alpha value is -2.49. The van der Waals surface area contributed by atoms with Gasteiger partial charge < -0.3 is 0 Å². The van der Waals surface area contributed by atoms with Crippen LogP contribution in [-0.4, -0.2) is 14.4 Å². The van der Waals surface area contributed by atoms with Gasteiger partial charge >= 0.3 is 0 Å². The summed E-state index contributed by atoms with van der Waals surface area (Å²) in [7, 11) is 0. The van der Waals surface area contributed by atoms with E-state index >= 15 is 0 Å². The number of rotatable bonds is 0. The second-order valence-corrected chi connectivity index (χ2v) is 4.00. The van der Waals surface area contributed by atoms with E-state index in [0.717, 1.165) is 16.3 Å². The fourth-order valence-electron chi connectivity index (χ4n) is 2.34. The summed E-state index contributed by atoms with van der Waals surface area (Å²) in [6, 6.07) is 7.58. The molecule has 0 fully saturated rings. The van der Waals surface area contributed by atoms with Gasteiger partial charge in [-0.05, 0) is 0 Å². The van der Waals surface area contributed by atoms with Crippen molar-refractivity contribution in [3.05, 3.63) is 53.1 Å². The highest BCUT2D eigenvalue weighted by molar-refractivity contribution is 5.99. The van der Waals surface area contributed by atoms with Gasteiger partial charge in [-0.3, -0.25) is 14.2 Å². The predicted octanol–water partition coefficient (Wildman–Crippen LogP) is 1.83. The quantitative estimate of drug-likeness (QED) is 0.425. The van der Waals surface area contributed by atoms with Gasteiger partial charge in [0.2, 0.25) is 5.43 Å². The summed E-state index contributed by atoms with van der Waals surface area (Å²) in [4.78, 5) is 20.6. The lowest BCUT2D eigenvalue weighted by atomic mass is 10.1. The first kappa shape index (κ1) is 8.64. The molecular weight excluding hydrogens is 214 g/mol. The first-order chi connectivity index (χ1) is 8.36. The molecule has 17 heavy (non-hydrogen) atoms. The normalized spacial score (nSPS) is 11.8. The third-order valence-corrected chi connectivity index (χ3v) is 3.10. The van der Waals surface area contributed by atoms with Crippen LogP contribution in [0.5, 0.6) is 0 Å². The smallest absolute Gasteiger partial charge is 0.212 e. The number of hydrogen-bond acceptors (Lipinski definition) is 3. The molecule has 4 rings (SSSR count). The highest BCUT2D eigenvalue weighted by Crippen LogP contribution is 2.20. The largest absolute Gasteiger partial charge is 0.287 e. The van der Waals surface area contributed by atoms with Crippen LogP contribution in [0.1, 0.15) is 0 Å². The van der Waals surface area contributed by atoms with Crippen LogP contribution in [0.15, 0.2) is 47.7 Å². The van der Waals surface area contributed by atoms with Crippen molar-refractivity contribution in [1.82, 2.24) is 14.4 Å². The summed E-state index contributed by atoms with van der Waals surface area (Å²) in [5.41, 5.74) is 2.24.